The van der Waals surface area contributed by atoms with Gasteiger partial charge in [0.25, 0.3) is 0 Å². The number of carboxylic acids is 1. The van der Waals surface area contributed by atoms with E-state index in [0.717, 1.165) is 11.1 Å². The third kappa shape index (κ3) is 3.07. The molecule has 0 bridgehead atoms. The molecule has 4 heteroatoms. The first-order valence-electron chi connectivity index (χ1n) is 5.07. The normalized spacial score (nSPS) is 12.9. The number of hydrogen-bond donors (Lipinski definition) is 1. The van der Waals surface area contributed by atoms with Crippen molar-refractivity contribution in [2.24, 2.45) is 4.99 Å². The average Bonchev–Trinajstić information content (AvgIpc) is 2.24. The standard InChI is InChI=1S/C12H14ClNO2/c1-3-11(12(15)16)14-7-9-5-4-6-10(13)8(9)2/h4-7,11H,3H2,1-2H3,(H,15,16). The molecule has 1 unspecified atom stereocenters. The van der Waals surface area contributed by atoms with Crippen LogP contribution in [0.2, 0.25) is 5.02 Å². The topological polar surface area (TPSA) is 49.7 Å². The van der Waals surface area contributed by atoms with Crippen LogP contribution in [0.4, 0.5) is 0 Å². The van der Waals surface area contributed by atoms with Crippen LogP contribution in [0.25, 0.3) is 0 Å². The van der Waals surface area contributed by atoms with Crippen LogP contribution in [0, 0.1) is 6.92 Å². The van der Waals surface area contributed by atoms with E-state index in [1.165, 1.54) is 0 Å². The van der Waals surface area contributed by atoms with Crippen molar-refractivity contribution in [2.45, 2.75) is 26.3 Å². The van der Waals surface area contributed by atoms with Crippen molar-refractivity contribution in [3.63, 3.8) is 0 Å². The lowest BCUT2D eigenvalue weighted by atomic mass is 10.1. The first-order valence-corrected chi connectivity index (χ1v) is 5.45. The molecule has 1 N–H and O–H groups in total. The smallest absolute Gasteiger partial charge is 0.328 e. The van der Waals surface area contributed by atoms with E-state index in [1.54, 1.807) is 19.2 Å². The Morgan fingerprint density at radius 2 is 2.31 bits per heavy atom. The monoisotopic (exact) mass is 239 g/mol. The van der Waals surface area contributed by atoms with Gasteiger partial charge in [0, 0.05) is 11.2 Å². The molecule has 0 saturated heterocycles. The van der Waals surface area contributed by atoms with Crippen LogP contribution in [0.1, 0.15) is 24.5 Å². The van der Waals surface area contributed by atoms with E-state index in [4.69, 9.17) is 16.7 Å². The molecule has 0 aliphatic carbocycles. The Hall–Kier alpha value is -1.35. The zero-order chi connectivity index (χ0) is 12.1. The largest absolute Gasteiger partial charge is 0.480 e. The zero-order valence-corrected chi connectivity index (χ0v) is 10.0. The molecule has 86 valence electrons. The van der Waals surface area contributed by atoms with E-state index in [-0.39, 0.29) is 0 Å². The predicted molar refractivity (Wildman–Crippen MR) is 65.5 cm³/mol. The van der Waals surface area contributed by atoms with Crippen LogP contribution in [-0.4, -0.2) is 23.3 Å². The lowest BCUT2D eigenvalue weighted by Crippen LogP contribution is -2.16. The third-order valence-electron chi connectivity index (χ3n) is 2.37. The summed E-state index contributed by atoms with van der Waals surface area (Å²) in [6, 6.07) is 4.79. The van der Waals surface area contributed by atoms with Gasteiger partial charge < -0.3 is 5.11 Å². The summed E-state index contributed by atoms with van der Waals surface area (Å²) >= 11 is 5.95. The highest BCUT2D eigenvalue weighted by molar-refractivity contribution is 6.31. The van der Waals surface area contributed by atoms with Crippen molar-refractivity contribution in [2.75, 3.05) is 0 Å². The summed E-state index contributed by atoms with van der Waals surface area (Å²) < 4.78 is 0. The first-order chi connectivity index (χ1) is 7.56. The summed E-state index contributed by atoms with van der Waals surface area (Å²) in [6.45, 7) is 3.67. The lowest BCUT2D eigenvalue weighted by Gasteiger charge is -2.05. The number of aliphatic imine (C=N–C) groups is 1. The van der Waals surface area contributed by atoms with Gasteiger partial charge in [-0.1, -0.05) is 30.7 Å². The number of benzene rings is 1. The molecule has 1 aromatic carbocycles. The summed E-state index contributed by atoms with van der Waals surface area (Å²) in [5.41, 5.74) is 1.76. The van der Waals surface area contributed by atoms with Gasteiger partial charge in [0.2, 0.25) is 0 Å². The Kier molecular flexibility index (Phi) is 4.50. The summed E-state index contributed by atoms with van der Waals surface area (Å²) in [6.07, 6.45) is 2.05. The highest BCUT2D eigenvalue weighted by Gasteiger charge is 2.11. The minimum atomic E-state index is -0.904. The Bertz CT molecular complexity index is 415. The molecule has 0 aromatic heterocycles. The molecule has 0 heterocycles. The van der Waals surface area contributed by atoms with Gasteiger partial charge in [-0.05, 0) is 30.5 Å². The SMILES string of the molecule is CCC(N=Cc1cccc(Cl)c1C)C(=O)O. The number of hydrogen-bond acceptors (Lipinski definition) is 2. The second kappa shape index (κ2) is 5.66. The predicted octanol–water partition coefficient (Wildman–Crippen LogP) is 2.93. The Balaban J connectivity index is 2.91. The van der Waals surface area contributed by atoms with Gasteiger partial charge in [-0.15, -0.1) is 0 Å². The van der Waals surface area contributed by atoms with E-state index in [9.17, 15) is 4.79 Å². The molecule has 3 nitrogen and oxygen atoms in total. The Morgan fingerprint density at radius 3 is 2.88 bits per heavy atom. The molecule has 16 heavy (non-hydrogen) atoms. The molecular formula is C12H14ClNO2. The van der Waals surface area contributed by atoms with Crippen LogP contribution in [0.5, 0.6) is 0 Å². The molecule has 0 aliphatic rings. The van der Waals surface area contributed by atoms with Crippen LogP contribution >= 0.6 is 11.6 Å². The van der Waals surface area contributed by atoms with Crippen molar-refractivity contribution >= 4 is 23.8 Å². The van der Waals surface area contributed by atoms with Crippen molar-refractivity contribution in [3.05, 3.63) is 34.3 Å². The number of carboxylic acid groups (broad SMARTS) is 1. The molecular weight excluding hydrogens is 226 g/mol. The van der Waals surface area contributed by atoms with E-state index in [2.05, 4.69) is 4.99 Å². The van der Waals surface area contributed by atoms with Gasteiger partial charge in [0.15, 0.2) is 0 Å². The first kappa shape index (κ1) is 12.7. The molecule has 0 fully saturated rings. The van der Waals surface area contributed by atoms with Crippen LogP contribution in [0.3, 0.4) is 0 Å². The Morgan fingerprint density at radius 1 is 1.62 bits per heavy atom. The van der Waals surface area contributed by atoms with Gasteiger partial charge in [0.05, 0.1) is 0 Å². The second-order valence-corrected chi connectivity index (χ2v) is 3.90. The molecule has 0 amide bonds. The van der Waals surface area contributed by atoms with Gasteiger partial charge in [-0.3, -0.25) is 4.99 Å². The van der Waals surface area contributed by atoms with Gasteiger partial charge in [0.1, 0.15) is 6.04 Å². The fourth-order valence-corrected chi connectivity index (χ4v) is 1.46. The van der Waals surface area contributed by atoms with Crippen LogP contribution in [-0.2, 0) is 4.79 Å². The summed E-state index contributed by atoms with van der Waals surface area (Å²) in [5, 5.41) is 9.49. The van der Waals surface area contributed by atoms with Crippen LogP contribution in [0.15, 0.2) is 23.2 Å². The minimum absolute atomic E-state index is 0.478. The summed E-state index contributed by atoms with van der Waals surface area (Å²) in [5.74, 6) is -0.904. The van der Waals surface area contributed by atoms with E-state index >= 15 is 0 Å². The van der Waals surface area contributed by atoms with Crippen molar-refractivity contribution in [1.29, 1.82) is 0 Å². The molecule has 1 rings (SSSR count). The number of rotatable bonds is 4. The quantitative estimate of drug-likeness (QED) is 0.822. The van der Waals surface area contributed by atoms with E-state index < -0.39 is 12.0 Å². The maximum atomic E-state index is 10.8. The van der Waals surface area contributed by atoms with Gasteiger partial charge in [-0.2, -0.15) is 0 Å². The average molecular weight is 240 g/mol. The van der Waals surface area contributed by atoms with Gasteiger partial charge in [-0.25, -0.2) is 4.79 Å². The molecule has 0 radical (unpaired) electrons. The summed E-state index contributed by atoms with van der Waals surface area (Å²) in [7, 11) is 0. The number of carbonyl (C=O) groups is 1. The fraction of sp³-hybridized carbons (Fsp3) is 0.333. The van der Waals surface area contributed by atoms with Gasteiger partial charge >= 0.3 is 5.97 Å². The highest BCUT2D eigenvalue weighted by Crippen LogP contribution is 2.17. The summed E-state index contributed by atoms with van der Waals surface area (Å²) in [4.78, 5) is 14.8. The zero-order valence-electron chi connectivity index (χ0n) is 9.27. The van der Waals surface area contributed by atoms with Crippen molar-refractivity contribution in [3.8, 4) is 0 Å². The maximum Gasteiger partial charge on any atom is 0.328 e. The fourth-order valence-electron chi connectivity index (χ4n) is 1.28. The third-order valence-corrected chi connectivity index (χ3v) is 2.78. The van der Waals surface area contributed by atoms with E-state index in [1.807, 2.05) is 19.1 Å². The lowest BCUT2D eigenvalue weighted by molar-refractivity contribution is -0.138. The van der Waals surface area contributed by atoms with Crippen molar-refractivity contribution < 1.29 is 9.90 Å². The molecule has 0 saturated carbocycles. The number of halogens is 1. The molecule has 0 aliphatic heterocycles. The second-order valence-electron chi connectivity index (χ2n) is 3.49. The molecule has 0 spiro atoms. The van der Waals surface area contributed by atoms with Crippen molar-refractivity contribution in [1.82, 2.24) is 0 Å². The maximum absolute atomic E-state index is 10.8. The highest BCUT2D eigenvalue weighted by atomic mass is 35.5. The van der Waals surface area contributed by atoms with E-state index in [0.29, 0.717) is 11.4 Å². The molecule has 1 aromatic rings. The number of nitrogens with zero attached hydrogens (tertiary/aromatic N) is 1. The Labute approximate surface area is 99.8 Å². The minimum Gasteiger partial charge on any atom is -0.480 e. The number of aliphatic carboxylic acids is 1. The molecule has 1 atom stereocenters. The van der Waals surface area contributed by atoms with Crippen LogP contribution < -0.4 is 0 Å².